The highest BCUT2D eigenvalue weighted by Crippen LogP contribution is 2.29. The van der Waals surface area contributed by atoms with Crippen molar-refractivity contribution in [2.45, 2.75) is 19.3 Å². The van der Waals surface area contributed by atoms with E-state index in [9.17, 15) is 13.2 Å². The summed E-state index contributed by atoms with van der Waals surface area (Å²) in [7, 11) is 0. The predicted molar refractivity (Wildman–Crippen MR) is 83.5 cm³/mol. The van der Waals surface area contributed by atoms with Gasteiger partial charge in [-0.2, -0.15) is 13.2 Å². The highest BCUT2D eigenvalue weighted by molar-refractivity contribution is 5.29. The SMILES string of the molecule is FC(F)(F)c1cccc(COc2ccc(Cn3ccnc3)cc2)c1. The predicted octanol–water partition coefficient (Wildman–Crippen LogP) is 4.53. The van der Waals surface area contributed by atoms with Crippen molar-refractivity contribution in [1.29, 1.82) is 0 Å². The number of halogens is 3. The van der Waals surface area contributed by atoms with Crippen LogP contribution in [0.25, 0.3) is 0 Å². The number of rotatable bonds is 5. The summed E-state index contributed by atoms with van der Waals surface area (Å²) in [5, 5.41) is 0. The molecule has 0 N–H and O–H groups in total. The Balaban J connectivity index is 1.61. The van der Waals surface area contributed by atoms with E-state index in [4.69, 9.17) is 4.74 Å². The number of nitrogens with zero attached hydrogens (tertiary/aromatic N) is 2. The molecule has 0 unspecified atom stereocenters. The first kappa shape index (κ1) is 16.1. The fourth-order valence-electron chi connectivity index (χ4n) is 2.29. The fraction of sp³-hybridized carbons (Fsp3) is 0.167. The first-order chi connectivity index (χ1) is 11.5. The molecule has 0 radical (unpaired) electrons. The van der Waals surface area contributed by atoms with Crippen LogP contribution < -0.4 is 4.74 Å². The van der Waals surface area contributed by atoms with E-state index in [2.05, 4.69) is 4.98 Å². The monoisotopic (exact) mass is 332 g/mol. The zero-order chi connectivity index (χ0) is 17.0. The van der Waals surface area contributed by atoms with Crippen molar-refractivity contribution in [1.82, 2.24) is 9.55 Å². The van der Waals surface area contributed by atoms with Gasteiger partial charge in [0.2, 0.25) is 0 Å². The van der Waals surface area contributed by atoms with Gasteiger partial charge < -0.3 is 9.30 Å². The minimum Gasteiger partial charge on any atom is -0.489 e. The number of imidazole rings is 1. The van der Waals surface area contributed by atoms with Crippen molar-refractivity contribution in [3.05, 3.63) is 83.9 Å². The minimum atomic E-state index is -4.34. The molecule has 3 aromatic rings. The summed E-state index contributed by atoms with van der Waals surface area (Å²) in [6, 6.07) is 12.6. The third-order valence-electron chi connectivity index (χ3n) is 3.51. The van der Waals surface area contributed by atoms with Crippen molar-refractivity contribution in [2.75, 3.05) is 0 Å². The van der Waals surface area contributed by atoms with E-state index in [1.807, 2.05) is 22.9 Å². The Kier molecular flexibility index (Phi) is 4.55. The standard InChI is InChI=1S/C18H15F3N2O/c19-18(20,21)16-3-1-2-15(10-16)12-24-17-6-4-14(5-7-17)11-23-9-8-22-13-23/h1-10,13H,11-12H2. The Morgan fingerprint density at radius 2 is 1.79 bits per heavy atom. The first-order valence-corrected chi connectivity index (χ1v) is 7.34. The van der Waals surface area contributed by atoms with E-state index in [1.54, 1.807) is 30.7 Å². The van der Waals surface area contributed by atoms with E-state index in [-0.39, 0.29) is 6.61 Å². The summed E-state index contributed by atoms with van der Waals surface area (Å²) < 4.78 is 45.6. The highest BCUT2D eigenvalue weighted by atomic mass is 19.4. The Bertz CT molecular complexity index is 781. The maximum absolute atomic E-state index is 12.7. The maximum Gasteiger partial charge on any atom is 0.416 e. The molecule has 0 saturated heterocycles. The molecule has 0 amide bonds. The molecule has 0 saturated carbocycles. The van der Waals surface area contributed by atoms with E-state index in [1.165, 1.54) is 6.07 Å². The zero-order valence-corrected chi connectivity index (χ0v) is 12.7. The van der Waals surface area contributed by atoms with E-state index in [0.717, 1.165) is 17.7 Å². The summed E-state index contributed by atoms with van der Waals surface area (Å²) >= 11 is 0. The third kappa shape index (κ3) is 4.16. The van der Waals surface area contributed by atoms with Gasteiger partial charge in [0.1, 0.15) is 12.4 Å². The van der Waals surface area contributed by atoms with Gasteiger partial charge in [0.15, 0.2) is 0 Å². The number of alkyl halides is 3. The van der Waals surface area contributed by atoms with Crippen molar-refractivity contribution in [3.63, 3.8) is 0 Å². The Labute approximate surface area is 137 Å². The van der Waals surface area contributed by atoms with Crippen LogP contribution >= 0.6 is 0 Å². The molecule has 0 spiro atoms. The molecule has 0 fully saturated rings. The number of aromatic nitrogens is 2. The Morgan fingerprint density at radius 1 is 1.00 bits per heavy atom. The van der Waals surface area contributed by atoms with Crippen LogP contribution in [0.15, 0.2) is 67.3 Å². The average Bonchev–Trinajstić information content (AvgIpc) is 3.07. The molecule has 0 bridgehead atoms. The summed E-state index contributed by atoms with van der Waals surface area (Å²) in [6.45, 7) is 0.790. The summed E-state index contributed by atoms with van der Waals surface area (Å²) in [6.07, 6.45) is 0.980. The van der Waals surface area contributed by atoms with Gasteiger partial charge in [-0.25, -0.2) is 4.98 Å². The second kappa shape index (κ2) is 6.78. The third-order valence-corrected chi connectivity index (χ3v) is 3.51. The van der Waals surface area contributed by atoms with Crippen molar-refractivity contribution in [2.24, 2.45) is 0 Å². The molecule has 24 heavy (non-hydrogen) atoms. The van der Waals surface area contributed by atoms with Gasteiger partial charge in [0, 0.05) is 18.9 Å². The first-order valence-electron chi connectivity index (χ1n) is 7.34. The lowest BCUT2D eigenvalue weighted by Crippen LogP contribution is -2.06. The molecular weight excluding hydrogens is 317 g/mol. The van der Waals surface area contributed by atoms with Gasteiger partial charge in [-0.1, -0.05) is 24.3 Å². The van der Waals surface area contributed by atoms with Gasteiger partial charge in [-0.05, 0) is 35.4 Å². The Hall–Kier alpha value is -2.76. The zero-order valence-electron chi connectivity index (χ0n) is 12.7. The highest BCUT2D eigenvalue weighted by Gasteiger charge is 2.30. The van der Waals surface area contributed by atoms with E-state index in [0.29, 0.717) is 17.9 Å². The molecule has 0 aliphatic carbocycles. The van der Waals surface area contributed by atoms with Crippen molar-refractivity contribution >= 4 is 0 Å². The van der Waals surface area contributed by atoms with Gasteiger partial charge in [0.25, 0.3) is 0 Å². The second-order valence-corrected chi connectivity index (χ2v) is 5.37. The van der Waals surface area contributed by atoms with Crippen LogP contribution in [0, 0.1) is 0 Å². The molecule has 0 aliphatic rings. The smallest absolute Gasteiger partial charge is 0.416 e. The number of ether oxygens (including phenoxy) is 1. The van der Waals surface area contributed by atoms with Crippen LogP contribution in [-0.4, -0.2) is 9.55 Å². The lowest BCUT2D eigenvalue weighted by Gasteiger charge is -2.10. The number of benzene rings is 2. The quantitative estimate of drug-likeness (QED) is 0.686. The van der Waals surface area contributed by atoms with Crippen LogP contribution in [0.5, 0.6) is 5.75 Å². The van der Waals surface area contributed by atoms with Crippen LogP contribution in [0.2, 0.25) is 0 Å². The van der Waals surface area contributed by atoms with Crippen LogP contribution in [0.3, 0.4) is 0 Å². The fourth-order valence-corrected chi connectivity index (χ4v) is 2.29. The minimum absolute atomic E-state index is 0.0881. The van der Waals surface area contributed by atoms with Crippen molar-refractivity contribution < 1.29 is 17.9 Å². The number of hydrogen-bond acceptors (Lipinski definition) is 2. The van der Waals surface area contributed by atoms with E-state index < -0.39 is 11.7 Å². The van der Waals surface area contributed by atoms with Gasteiger partial charge >= 0.3 is 6.18 Å². The molecule has 1 aromatic heterocycles. The van der Waals surface area contributed by atoms with Gasteiger partial charge in [0.05, 0.1) is 11.9 Å². The Morgan fingerprint density at radius 3 is 2.46 bits per heavy atom. The van der Waals surface area contributed by atoms with E-state index >= 15 is 0 Å². The molecule has 3 nitrogen and oxygen atoms in total. The van der Waals surface area contributed by atoms with Crippen LogP contribution in [-0.2, 0) is 19.3 Å². The topological polar surface area (TPSA) is 27.1 Å². The van der Waals surface area contributed by atoms with Crippen LogP contribution in [0.1, 0.15) is 16.7 Å². The normalized spacial score (nSPS) is 11.5. The molecule has 6 heteroatoms. The summed E-state index contributed by atoms with van der Waals surface area (Å²) in [5.74, 6) is 0.613. The number of hydrogen-bond donors (Lipinski definition) is 0. The van der Waals surface area contributed by atoms with Gasteiger partial charge in [-0.3, -0.25) is 0 Å². The molecule has 0 atom stereocenters. The molecule has 1 heterocycles. The molecule has 124 valence electrons. The largest absolute Gasteiger partial charge is 0.489 e. The maximum atomic E-state index is 12.7. The second-order valence-electron chi connectivity index (χ2n) is 5.37. The molecule has 0 aliphatic heterocycles. The average molecular weight is 332 g/mol. The summed E-state index contributed by atoms with van der Waals surface area (Å²) in [4.78, 5) is 3.98. The van der Waals surface area contributed by atoms with Crippen LogP contribution in [0.4, 0.5) is 13.2 Å². The molecule has 2 aromatic carbocycles. The van der Waals surface area contributed by atoms with Crippen molar-refractivity contribution in [3.8, 4) is 5.75 Å². The summed E-state index contributed by atoms with van der Waals surface area (Å²) in [5.41, 5.74) is 0.894. The lowest BCUT2D eigenvalue weighted by molar-refractivity contribution is -0.137. The van der Waals surface area contributed by atoms with Gasteiger partial charge in [-0.15, -0.1) is 0 Å². The molecular formula is C18H15F3N2O. The lowest BCUT2D eigenvalue weighted by atomic mass is 10.1. The molecule has 3 rings (SSSR count).